The van der Waals surface area contributed by atoms with Crippen molar-refractivity contribution in [2.75, 3.05) is 13.2 Å². The number of hydrogen-bond acceptors (Lipinski definition) is 4. The van der Waals surface area contributed by atoms with Crippen molar-refractivity contribution in [1.29, 1.82) is 0 Å². The average Bonchev–Trinajstić information content (AvgIpc) is 2.97. The van der Waals surface area contributed by atoms with E-state index in [1.807, 2.05) is 11.0 Å². The number of thiocarbonyl (C=S) groups is 1. The number of carbonyl (C=O) groups is 1. The zero-order chi connectivity index (χ0) is 15.7. The summed E-state index contributed by atoms with van der Waals surface area (Å²) < 4.78 is 5.24. The predicted molar refractivity (Wildman–Crippen MR) is 86.2 cm³/mol. The molecule has 6 heteroatoms. The molecule has 116 valence electrons. The van der Waals surface area contributed by atoms with Gasteiger partial charge in [0.2, 0.25) is 0 Å². The van der Waals surface area contributed by atoms with E-state index in [1.165, 1.54) is 0 Å². The van der Waals surface area contributed by atoms with Crippen LogP contribution in [0.1, 0.15) is 31.4 Å². The lowest BCUT2D eigenvalue weighted by Crippen LogP contribution is -2.46. The Morgan fingerprint density at radius 1 is 1.55 bits per heavy atom. The molecule has 2 aliphatic rings. The number of hydrogen-bond donors (Lipinski definition) is 2. The van der Waals surface area contributed by atoms with E-state index in [0.29, 0.717) is 17.3 Å². The summed E-state index contributed by atoms with van der Waals surface area (Å²) in [4.78, 5) is 14.4. The van der Waals surface area contributed by atoms with Gasteiger partial charge in [0.05, 0.1) is 18.2 Å². The number of rotatable bonds is 3. The summed E-state index contributed by atoms with van der Waals surface area (Å²) in [7, 11) is 0. The lowest BCUT2D eigenvalue weighted by atomic mass is 9.94. The van der Waals surface area contributed by atoms with Crippen molar-refractivity contribution < 1.29 is 14.6 Å². The summed E-state index contributed by atoms with van der Waals surface area (Å²) in [5.41, 5.74) is 2.33. The molecule has 2 aliphatic heterocycles. The van der Waals surface area contributed by atoms with E-state index in [9.17, 15) is 9.90 Å². The van der Waals surface area contributed by atoms with Crippen molar-refractivity contribution in [2.24, 2.45) is 0 Å². The van der Waals surface area contributed by atoms with Gasteiger partial charge in [0.1, 0.15) is 5.75 Å². The fraction of sp³-hybridized carbons (Fsp3) is 0.375. The number of allylic oxidation sites excluding steroid dienone is 1. The van der Waals surface area contributed by atoms with Crippen LogP contribution in [0, 0.1) is 0 Å². The standard InChI is InChI=1S/C16H18N2O3S/c1-2-21-15(20)13-12-7-4-8-18(12)16(22)17-14(13)10-5-3-6-11(19)9-10/h3,5-6,9,14,19H,2,4,7-8H2,1H3,(H,17,22). The number of phenolic OH excluding ortho intramolecular Hbond substituents is 1. The molecule has 1 unspecified atom stereocenters. The third-order valence-electron chi connectivity index (χ3n) is 3.93. The van der Waals surface area contributed by atoms with Gasteiger partial charge in [-0.05, 0) is 49.7 Å². The van der Waals surface area contributed by atoms with E-state index in [4.69, 9.17) is 17.0 Å². The lowest BCUT2D eigenvalue weighted by molar-refractivity contribution is -0.139. The number of ether oxygens (including phenoxy) is 1. The van der Waals surface area contributed by atoms with Crippen molar-refractivity contribution in [1.82, 2.24) is 10.2 Å². The molecule has 2 heterocycles. The molecule has 1 atom stereocenters. The molecule has 2 N–H and O–H groups in total. The maximum absolute atomic E-state index is 12.5. The molecule has 0 bridgehead atoms. The number of nitrogens with zero attached hydrogens (tertiary/aromatic N) is 1. The van der Waals surface area contributed by atoms with Crippen LogP contribution in [0.25, 0.3) is 0 Å². The Balaban J connectivity index is 2.09. The third kappa shape index (κ3) is 2.54. The molecule has 1 saturated heterocycles. The van der Waals surface area contributed by atoms with Crippen LogP contribution in [0.4, 0.5) is 0 Å². The molecule has 0 spiro atoms. The molecule has 1 aromatic rings. The minimum absolute atomic E-state index is 0.160. The normalized spacial score (nSPS) is 20.7. The Bertz CT molecular complexity index is 657. The van der Waals surface area contributed by atoms with E-state index >= 15 is 0 Å². The van der Waals surface area contributed by atoms with E-state index in [0.717, 1.165) is 30.6 Å². The summed E-state index contributed by atoms with van der Waals surface area (Å²) in [6.45, 7) is 2.93. The topological polar surface area (TPSA) is 61.8 Å². The fourth-order valence-electron chi connectivity index (χ4n) is 3.02. The van der Waals surface area contributed by atoms with Gasteiger partial charge >= 0.3 is 5.97 Å². The second-order valence-electron chi connectivity index (χ2n) is 5.31. The Kier molecular flexibility index (Phi) is 4.02. The zero-order valence-electron chi connectivity index (χ0n) is 12.3. The first kappa shape index (κ1) is 14.8. The number of nitrogens with one attached hydrogen (secondary N) is 1. The van der Waals surface area contributed by atoms with E-state index < -0.39 is 0 Å². The minimum Gasteiger partial charge on any atom is -0.508 e. The van der Waals surface area contributed by atoms with E-state index in [-0.39, 0.29) is 17.8 Å². The first-order valence-corrected chi connectivity index (χ1v) is 7.79. The number of fused-ring (bicyclic) bond motifs is 1. The van der Waals surface area contributed by atoms with Gasteiger partial charge in [0.25, 0.3) is 0 Å². The van der Waals surface area contributed by atoms with Gasteiger partial charge in [0, 0.05) is 12.2 Å². The molecule has 5 nitrogen and oxygen atoms in total. The third-order valence-corrected chi connectivity index (χ3v) is 4.27. The summed E-state index contributed by atoms with van der Waals surface area (Å²) >= 11 is 5.42. The van der Waals surface area contributed by atoms with Gasteiger partial charge in [-0.15, -0.1) is 0 Å². The number of esters is 1. The molecule has 1 fully saturated rings. The van der Waals surface area contributed by atoms with Crippen molar-refractivity contribution in [3.05, 3.63) is 41.1 Å². The molecule has 0 aliphatic carbocycles. The highest BCUT2D eigenvalue weighted by molar-refractivity contribution is 7.80. The SMILES string of the molecule is CCOC(=O)C1=C2CCCN2C(=S)NC1c1cccc(O)c1. The largest absolute Gasteiger partial charge is 0.508 e. The van der Waals surface area contributed by atoms with Gasteiger partial charge in [-0.2, -0.15) is 0 Å². The van der Waals surface area contributed by atoms with Crippen LogP contribution in [-0.2, 0) is 9.53 Å². The quantitative estimate of drug-likeness (QED) is 0.658. The lowest BCUT2D eigenvalue weighted by Gasteiger charge is -2.35. The molecule has 0 saturated carbocycles. The molecule has 0 aromatic heterocycles. The molecule has 0 amide bonds. The van der Waals surface area contributed by atoms with Gasteiger partial charge in [-0.25, -0.2) is 4.79 Å². The van der Waals surface area contributed by atoms with Gasteiger partial charge in [-0.1, -0.05) is 12.1 Å². The van der Waals surface area contributed by atoms with Crippen molar-refractivity contribution >= 4 is 23.3 Å². The Morgan fingerprint density at radius 3 is 3.09 bits per heavy atom. The average molecular weight is 318 g/mol. The summed E-state index contributed by atoms with van der Waals surface area (Å²) in [6.07, 6.45) is 1.78. The molecular weight excluding hydrogens is 300 g/mol. The van der Waals surface area contributed by atoms with E-state index in [1.54, 1.807) is 25.1 Å². The van der Waals surface area contributed by atoms with Gasteiger partial charge in [0.15, 0.2) is 5.11 Å². The Labute approximate surface area is 134 Å². The van der Waals surface area contributed by atoms with Crippen LogP contribution in [-0.4, -0.2) is 34.2 Å². The predicted octanol–water partition coefficient (Wildman–Crippen LogP) is 2.23. The monoisotopic (exact) mass is 318 g/mol. The molecular formula is C16H18N2O3S. The second-order valence-corrected chi connectivity index (χ2v) is 5.70. The van der Waals surface area contributed by atoms with Gasteiger partial charge in [-0.3, -0.25) is 0 Å². The highest BCUT2D eigenvalue weighted by Crippen LogP contribution is 2.37. The molecule has 3 rings (SSSR count). The maximum Gasteiger partial charge on any atom is 0.338 e. The van der Waals surface area contributed by atoms with Crippen LogP contribution >= 0.6 is 12.2 Å². The highest BCUT2D eigenvalue weighted by Gasteiger charge is 2.38. The summed E-state index contributed by atoms with van der Waals surface area (Å²) in [6, 6.07) is 6.48. The number of phenols is 1. The van der Waals surface area contributed by atoms with Crippen LogP contribution in [0.3, 0.4) is 0 Å². The van der Waals surface area contributed by atoms with Crippen LogP contribution < -0.4 is 5.32 Å². The van der Waals surface area contributed by atoms with Crippen molar-refractivity contribution in [2.45, 2.75) is 25.8 Å². The highest BCUT2D eigenvalue weighted by atomic mass is 32.1. The number of benzene rings is 1. The van der Waals surface area contributed by atoms with Crippen LogP contribution in [0.5, 0.6) is 5.75 Å². The molecule has 0 radical (unpaired) electrons. The fourth-order valence-corrected chi connectivity index (χ4v) is 3.34. The summed E-state index contributed by atoms with van der Waals surface area (Å²) in [5, 5.41) is 13.5. The van der Waals surface area contributed by atoms with Crippen molar-refractivity contribution in [3.8, 4) is 5.75 Å². The molecule has 22 heavy (non-hydrogen) atoms. The van der Waals surface area contributed by atoms with Crippen LogP contribution in [0.15, 0.2) is 35.5 Å². The molecule has 1 aromatic carbocycles. The first-order chi connectivity index (χ1) is 10.6. The Hall–Kier alpha value is -2.08. The number of carbonyl (C=O) groups excluding carboxylic acids is 1. The summed E-state index contributed by atoms with van der Waals surface area (Å²) in [5.74, 6) is -0.167. The zero-order valence-corrected chi connectivity index (χ0v) is 13.2. The Morgan fingerprint density at radius 2 is 2.36 bits per heavy atom. The number of aromatic hydroxyl groups is 1. The van der Waals surface area contributed by atoms with E-state index in [2.05, 4.69) is 5.32 Å². The maximum atomic E-state index is 12.5. The second kappa shape index (κ2) is 5.96. The van der Waals surface area contributed by atoms with Crippen LogP contribution in [0.2, 0.25) is 0 Å². The first-order valence-electron chi connectivity index (χ1n) is 7.39. The minimum atomic E-state index is -0.386. The van der Waals surface area contributed by atoms with Gasteiger partial charge < -0.3 is 20.1 Å². The van der Waals surface area contributed by atoms with Crippen molar-refractivity contribution in [3.63, 3.8) is 0 Å². The smallest absolute Gasteiger partial charge is 0.338 e.